The van der Waals surface area contributed by atoms with Crippen LogP contribution in [0.25, 0.3) is 0 Å². The molecule has 3 aromatic carbocycles. The van der Waals surface area contributed by atoms with Gasteiger partial charge in [0.2, 0.25) is 0 Å². The number of nitrogens with one attached hydrogen (secondary N) is 1. The predicted octanol–water partition coefficient (Wildman–Crippen LogP) is 7.35. The molecule has 5 heteroatoms. The Morgan fingerprint density at radius 3 is 2.27 bits per heavy atom. The topological polar surface area (TPSA) is 29.1 Å². The molecular weight excluding hydrogens is 433 g/mol. The molecule has 0 aliphatic rings. The van der Waals surface area contributed by atoms with E-state index in [-0.39, 0.29) is 5.78 Å². The van der Waals surface area contributed by atoms with Crippen LogP contribution in [0.15, 0.2) is 59.1 Å². The van der Waals surface area contributed by atoms with Crippen LogP contribution in [0.2, 0.25) is 10.0 Å². The Hall–Kier alpha value is -1.81. The average Bonchev–Trinajstić information content (AvgIpc) is 2.57. The Labute approximate surface area is 171 Å². The number of carbonyl (C=O) groups is 1. The van der Waals surface area contributed by atoms with Gasteiger partial charge in [0.25, 0.3) is 0 Å². The summed E-state index contributed by atoms with van der Waals surface area (Å²) < 4.78 is 1.03. The molecule has 0 saturated heterocycles. The summed E-state index contributed by atoms with van der Waals surface area (Å²) in [6, 6.07) is 16.6. The molecule has 132 valence electrons. The number of hydrogen-bond donors (Lipinski definition) is 1. The van der Waals surface area contributed by atoms with Crippen molar-refractivity contribution in [1.29, 1.82) is 0 Å². The zero-order valence-electron chi connectivity index (χ0n) is 14.2. The van der Waals surface area contributed by atoms with Crippen molar-refractivity contribution in [3.05, 3.63) is 91.4 Å². The SMILES string of the molecule is Cc1cc(Br)ccc1Nc1ccc(C(=O)c2ccc(Cl)cc2C)c(Cl)c1. The zero-order chi connectivity index (χ0) is 18.8. The van der Waals surface area contributed by atoms with Crippen LogP contribution in [0, 0.1) is 13.8 Å². The van der Waals surface area contributed by atoms with Gasteiger partial charge in [-0.2, -0.15) is 0 Å². The monoisotopic (exact) mass is 447 g/mol. The number of aryl methyl sites for hydroxylation is 2. The molecule has 0 saturated carbocycles. The number of carbonyl (C=O) groups excluding carboxylic acids is 1. The molecule has 0 aliphatic carbocycles. The molecule has 0 fully saturated rings. The lowest BCUT2D eigenvalue weighted by molar-refractivity contribution is 0.103. The van der Waals surface area contributed by atoms with Crippen molar-refractivity contribution in [3.63, 3.8) is 0 Å². The van der Waals surface area contributed by atoms with Crippen LogP contribution in [-0.4, -0.2) is 5.78 Å². The van der Waals surface area contributed by atoms with E-state index in [0.29, 0.717) is 21.2 Å². The number of anilines is 2. The van der Waals surface area contributed by atoms with Crippen molar-refractivity contribution >= 4 is 56.3 Å². The summed E-state index contributed by atoms with van der Waals surface area (Å²) in [5.74, 6) is -0.115. The summed E-state index contributed by atoms with van der Waals surface area (Å²) in [4.78, 5) is 12.8. The van der Waals surface area contributed by atoms with E-state index in [9.17, 15) is 4.79 Å². The second-order valence-electron chi connectivity index (χ2n) is 6.07. The largest absolute Gasteiger partial charge is 0.355 e. The third-order valence-electron chi connectivity index (χ3n) is 4.11. The van der Waals surface area contributed by atoms with Gasteiger partial charge < -0.3 is 5.32 Å². The Bertz CT molecular complexity index is 1000. The smallest absolute Gasteiger partial charge is 0.194 e. The Morgan fingerprint density at radius 2 is 1.62 bits per heavy atom. The lowest BCUT2D eigenvalue weighted by atomic mass is 9.99. The van der Waals surface area contributed by atoms with Gasteiger partial charge in [0, 0.05) is 32.0 Å². The highest BCUT2D eigenvalue weighted by Crippen LogP contribution is 2.29. The minimum absolute atomic E-state index is 0.115. The van der Waals surface area contributed by atoms with Crippen LogP contribution in [-0.2, 0) is 0 Å². The second-order valence-corrected chi connectivity index (χ2v) is 7.83. The van der Waals surface area contributed by atoms with Crippen molar-refractivity contribution in [2.24, 2.45) is 0 Å². The van der Waals surface area contributed by atoms with Crippen molar-refractivity contribution < 1.29 is 4.79 Å². The molecule has 1 N–H and O–H groups in total. The summed E-state index contributed by atoms with van der Waals surface area (Å²) >= 11 is 15.8. The summed E-state index contributed by atoms with van der Waals surface area (Å²) in [5.41, 5.74) is 4.80. The van der Waals surface area contributed by atoms with E-state index in [1.54, 1.807) is 30.3 Å². The van der Waals surface area contributed by atoms with Crippen LogP contribution in [0.1, 0.15) is 27.0 Å². The van der Waals surface area contributed by atoms with Gasteiger partial charge in [-0.1, -0.05) is 39.1 Å². The Morgan fingerprint density at radius 1 is 0.885 bits per heavy atom. The van der Waals surface area contributed by atoms with Gasteiger partial charge in [-0.05, 0) is 79.6 Å². The van der Waals surface area contributed by atoms with E-state index in [4.69, 9.17) is 23.2 Å². The molecule has 0 radical (unpaired) electrons. The fourth-order valence-corrected chi connectivity index (χ4v) is 3.70. The summed E-state index contributed by atoms with van der Waals surface area (Å²) in [5, 5.41) is 4.34. The molecule has 0 atom stereocenters. The molecule has 0 bridgehead atoms. The van der Waals surface area contributed by atoms with Gasteiger partial charge in [0.15, 0.2) is 5.78 Å². The third-order valence-corrected chi connectivity index (χ3v) is 5.16. The average molecular weight is 449 g/mol. The van der Waals surface area contributed by atoms with E-state index >= 15 is 0 Å². The van der Waals surface area contributed by atoms with Gasteiger partial charge in [-0.15, -0.1) is 0 Å². The minimum Gasteiger partial charge on any atom is -0.355 e. The first kappa shape index (κ1) is 19.0. The summed E-state index contributed by atoms with van der Waals surface area (Å²) in [6.45, 7) is 3.88. The molecule has 2 nitrogen and oxygen atoms in total. The molecule has 0 amide bonds. The van der Waals surface area contributed by atoms with Crippen molar-refractivity contribution in [2.75, 3.05) is 5.32 Å². The van der Waals surface area contributed by atoms with Gasteiger partial charge in [0.1, 0.15) is 0 Å². The first-order valence-electron chi connectivity index (χ1n) is 7.99. The maximum Gasteiger partial charge on any atom is 0.194 e. The quantitative estimate of drug-likeness (QED) is 0.422. The number of hydrogen-bond acceptors (Lipinski definition) is 2. The van der Waals surface area contributed by atoms with E-state index in [1.165, 1.54) is 0 Å². The minimum atomic E-state index is -0.115. The van der Waals surface area contributed by atoms with E-state index < -0.39 is 0 Å². The summed E-state index contributed by atoms with van der Waals surface area (Å²) in [7, 11) is 0. The fourth-order valence-electron chi connectivity index (χ4n) is 2.73. The van der Waals surface area contributed by atoms with Gasteiger partial charge >= 0.3 is 0 Å². The van der Waals surface area contributed by atoms with Crippen LogP contribution in [0.4, 0.5) is 11.4 Å². The number of ketones is 1. The van der Waals surface area contributed by atoms with Crippen molar-refractivity contribution in [2.45, 2.75) is 13.8 Å². The highest BCUT2D eigenvalue weighted by molar-refractivity contribution is 9.10. The Kier molecular flexibility index (Phi) is 5.71. The molecule has 0 aromatic heterocycles. The molecule has 0 unspecified atom stereocenters. The lowest BCUT2D eigenvalue weighted by Crippen LogP contribution is -2.05. The predicted molar refractivity (Wildman–Crippen MR) is 113 cm³/mol. The third kappa shape index (κ3) is 4.12. The number of benzene rings is 3. The van der Waals surface area contributed by atoms with Crippen LogP contribution < -0.4 is 5.32 Å². The first-order valence-corrected chi connectivity index (χ1v) is 9.53. The van der Waals surface area contributed by atoms with E-state index in [2.05, 4.69) is 21.2 Å². The first-order chi connectivity index (χ1) is 12.3. The van der Waals surface area contributed by atoms with Gasteiger partial charge in [-0.25, -0.2) is 0 Å². The molecule has 0 heterocycles. The lowest BCUT2D eigenvalue weighted by Gasteiger charge is -2.12. The Balaban J connectivity index is 1.88. The number of halogens is 3. The normalized spacial score (nSPS) is 10.7. The second kappa shape index (κ2) is 7.83. The highest BCUT2D eigenvalue weighted by atomic mass is 79.9. The molecule has 0 aliphatic heterocycles. The van der Waals surface area contributed by atoms with Crippen LogP contribution in [0.5, 0.6) is 0 Å². The summed E-state index contributed by atoms with van der Waals surface area (Å²) in [6.07, 6.45) is 0. The van der Waals surface area contributed by atoms with Crippen molar-refractivity contribution in [3.8, 4) is 0 Å². The highest BCUT2D eigenvalue weighted by Gasteiger charge is 2.16. The van der Waals surface area contributed by atoms with Crippen molar-refractivity contribution in [1.82, 2.24) is 0 Å². The maximum atomic E-state index is 12.8. The van der Waals surface area contributed by atoms with Crippen LogP contribution in [0.3, 0.4) is 0 Å². The fraction of sp³-hybridized carbons (Fsp3) is 0.0952. The van der Waals surface area contributed by atoms with Gasteiger partial charge in [-0.3, -0.25) is 4.79 Å². The van der Waals surface area contributed by atoms with E-state index in [1.807, 2.05) is 38.1 Å². The molecule has 0 spiro atoms. The zero-order valence-corrected chi connectivity index (χ0v) is 17.3. The van der Waals surface area contributed by atoms with E-state index in [0.717, 1.165) is 27.0 Å². The van der Waals surface area contributed by atoms with Gasteiger partial charge in [0.05, 0.1) is 5.02 Å². The molecule has 3 rings (SSSR count). The maximum absolute atomic E-state index is 12.8. The number of rotatable bonds is 4. The molecular formula is C21H16BrCl2NO. The molecule has 3 aromatic rings. The van der Waals surface area contributed by atoms with Crippen LogP contribution >= 0.6 is 39.1 Å². The molecule has 26 heavy (non-hydrogen) atoms. The standard InChI is InChI=1S/C21H16BrCl2NO/c1-12-10-15(23)4-6-17(12)21(26)18-7-5-16(11-19(18)24)25-20-8-3-14(22)9-13(20)2/h3-11,25H,1-2H3.